The smallest absolute Gasteiger partial charge is 0.337 e. The standard InChI is InChI=1S/C30H29ClN6O3S/c1-17-13-21-27(25(18-5-7-20(31)8-6-18)24(17)26(29(38)39)40-30(2,3)4)41-28(34-21)19-9-10-32-22(14-19)36-11-12-37-16-33-35-23(37)15-36/h5-10,13-14,16,26H,11-12,15H2,1-4H3,(H,38,39)/t26-/m0/s1. The minimum atomic E-state index is -1.16. The van der Waals surface area contributed by atoms with Crippen LogP contribution in [0.3, 0.4) is 0 Å². The highest BCUT2D eigenvalue weighted by Gasteiger charge is 2.32. The Labute approximate surface area is 246 Å². The van der Waals surface area contributed by atoms with Gasteiger partial charge in [0.25, 0.3) is 0 Å². The molecule has 1 atom stereocenters. The van der Waals surface area contributed by atoms with Gasteiger partial charge in [0.1, 0.15) is 17.2 Å². The van der Waals surface area contributed by atoms with Crippen LogP contribution in [0.5, 0.6) is 0 Å². The van der Waals surface area contributed by atoms with Crippen molar-refractivity contribution in [2.24, 2.45) is 0 Å². The number of carboxylic acids is 1. The van der Waals surface area contributed by atoms with E-state index in [0.29, 0.717) is 17.1 Å². The highest BCUT2D eigenvalue weighted by molar-refractivity contribution is 7.22. The molecule has 0 aliphatic carbocycles. The van der Waals surface area contributed by atoms with Gasteiger partial charge in [0.15, 0.2) is 11.9 Å². The molecule has 0 saturated carbocycles. The van der Waals surface area contributed by atoms with Crippen LogP contribution >= 0.6 is 22.9 Å². The monoisotopic (exact) mass is 588 g/mol. The Balaban J connectivity index is 1.49. The fraction of sp³-hybridized carbons (Fsp3) is 0.300. The van der Waals surface area contributed by atoms with E-state index in [1.807, 2.05) is 70.2 Å². The fourth-order valence-corrected chi connectivity index (χ4v) is 6.40. The van der Waals surface area contributed by atoms with E-state index in [-0.39, 0.29) is 0 Å². The number of pyridine rings is 1. The van der Waals surface area contributed by atoms with Gasteiger partial charge in [0.05, 0.1) is 22.4 Å². The first-order valence-corrected chi connectivity index (χ1v) is 14.5. The second-order valence-corrected chi connectivity index (χ2v) is 12.5. The number of carbonyl (C=O) groups is 1. The third-order valence-corrected chi connectivity index (χ3v) is 8.36. The molecular formula is C30H29ClN6O3S. The number of nitrogens with zero attached hydrogens (tertiary/aromatic N) is 6. The number of aliphatic carboxylic acids is 1. The van der Waals surface area contributed by atoms with Crippen molar-refractivity contribution in [3.63, 3.8) is 0 Å². The summed E-state index contributed by atoms with van der Waals surface area (Å²) in [7, 11) is 0. The predicted octanol–water partition coefficient (Wildman–Crippen LogP) is 6.54. The Morgan fingerprint density at radius 2 is 1.90 bits per heavy atom. The molecule has 1 N–H and O–H groups in total. The second-order valence-electron chi connectivity index (χ2n) is 11.1. The van der Waals surface area contributed by atoms with Gasteiger partial charge < -0.3 is 19.3 Å². The number of anilines is 1. The summed E-state index contributed by atoms with van der Waals surface area (Å²) in [5.74, 6) is 0.707. The van der Waals surface area contributed by atoms with Gasteiger partial charge in [0, 0.05) is 41.0 Å². The van der Waals surface area contributed by atoms with Gasteiger partial charge in [0.2, 0.25) is 0 Å². The molecular weight excluding hydrogens is 560 g/mol. The maximum absolute atomic E-state index is 12.6. The zero-order valence-corrected chi connectivity index (χ0v) is 24.7. The van der Waals surface area contributed by atoms with Crippen LogP contribution in [-0.2, 0) is 22.6 Å². The molecule has 6 rings (SSSR count). The summed E-state index contributed by atoms with van der Waals surface area (Å²) in [5.41, 5.74) is 4.11. The Kier molecular flexibility index (Phi) is 7.01. The zero-order chi connectivity index (χ0) is 28.9. The Bertz CT molecular complexity index is 1760. The van der Waals surface area contributed by atoms with Crippen LogP contribution in [0, 0.1) is 6.92 Å². The number of carboxylic acid groups (broad SMARTS) is 1. The van der Waals surface area contributed by atoms with Crippen molar-refractivity contribution in [3.05, 3.63) is 77.0 Å². The minimum Gasteiger partial charge on any atom is -0.479 e. The molecule has 11 heteroatoms. The summed E-state index contributed by atoms with van der Waals surface area (Å²) in [6.07, 6.45) is 2.39. The van der Waals surface area contributed by atoms with Crippen molar-refractivity contribution in [1.82, 2.24) is 24.7 Å². The Morgan fingerprint density at radius 1 is 1.12 bits per heavy atom. The molecule has 0 bridgehead atoms. The van der Waals surface area contributed by atoms with Crippen molar-refractivity contribution < 1.29 is 14.6 Å². The van der Waals surface area contributed by atoms with Crippen LogP contribution in [0.25, 0.3) is 31.9 Å². The second kappa shape index (κ2) is 10.5. The topological polar surface area (TPSA) is 106 Å². The van der Waals surface area contributed by atoms with Crippen molar-refractivity contribution in [3.8, 4) is 21.7 Å². The molecule has 0 spiro atoms. The number of halogens is 1. The number of fused-ring (bicyclic) bond motifs is 2. The molecule has 3 aromatic heterocycles. The van der Waals surface area contributed by atoms with E-state index in [2.05, 4.69) is 24.6 Å². The lowest BCUT2D eigenvalue weighted by Gasteiger charge is -2.28. The van der Waals surface area contributed by atoms with Crippen molar-refractivity contribution in [1.29, 1.82) is 0 Å². The van der Waals surface area contributed by atoms with Gasteiger partial charge >= 0.3 is 5.97 Å². The summed E-state index contributed by atoms with van der Waals surface area (Å²) in [4.78, 5) is 24.4. The summed E-state index contributed by atoms with van der Waals surface area (Å²) in [6, 6.07) is 13.4. The molecule has 9 nitrogen and oxygen atoms in total. The maximum Gasteiger partial charge on any atom is 0.337 e. The number of benzene rings is 2. The summed E-state index contributed by atoms with van der Waals surface area (Å²) in [6.45, 7) is 9.71. The number of hydrogen-bond donors (Lipinski definition) is 1. The SMILES string of the molecule is Cc1cc2nc(-c3ccnc(N4CCn5cnnc5C4)c3)sc2c(-c2ccc(Cl)cc2)c1[C@H](OC(C)(C)C)C(=O)O. The average Bonchev–Trinajstić information content (AvgIpc) is 3.58. The van der Waals surface area contributed by atoms with Crippen LogP contribution in [0.2, 0.25) is 5.02 Å². The number of aromatic nitrogens is 5. The highest BCUT2D eigenvalue weighted by atomic mass is 35.5. The predicted molar refractivity (Wildman–Crippen MR) is 160 cm³/mol. The van der Waals surface area contributed by atoms with Gasteiger partial charge in [-0.25, -0.2) is 14.8 Å². The van der Waals surface area contributed by atoms with Crippen LogP contribution in [0.4, 0.5) is 5.82 Å². The quantitative estimate of drug-likeness (QED) is 0.238. The lowest BCUT2D eigenvalue weighted by Crippen LogP contribution is -2.34. The average molecular weight is 589 g/mol. The molecule has 0 saturated heterocycles. The fourth-order valence-electron chi connectivity index (χ4n) is 5.15. The van der Waals surface area contributed by atoms with E-state index in [4.69, 9.17) is 21.3 Å². The molecule has 5 aromatic rings. The summed E-state index contributed by atoms with van der Waals surface area (Å²) < 4.78 is 9.07. The van der Waals surface area contributed by atoms with E-state index in [1.165, 1.54) is 11.3 Å². The molecule has 1 aliphatic heterocycles. The van der Waals surface area contributed by atoms with Gasteiger partial charge in [-0.15, -0.1) is 21.5 Å². The van der Waals surface area contributed by atoms with Gasteiger partial charge in [-0.2, -0.15) is 0 Å². The maximum atomic E-state index is 12.6. The summed E-state index contributed by atoms with van der Waals surface area (Å²) >= 11 is 7.75. The molecule has 2 aromatic carbocycles. The lowest BCUT2D eigenvalue weighted by atomic mass is 9.91. The van der Waals surface area contributed by atoms with Crippen LogP contribution in [-0.4, -0.2) is 48.0 Å². The first-order chi connectivity index (χ1) is 19.6. The van der Waals surface area contributed by atoms with E-state index in [1.54, 1.807) is 12.5 Å². The molecule has 41 heavy (non-hydrogen) atoms. The number of thiazole rings is 1. The third kappa shape index (κ3) is 5.42. The summed E-state index contributed by atoms with van der Waals surface area (Å²) in [5, 5.41) is 20.0. The molecule has 4 heterocycles. The van der Waals surface area contributed by atoms with E-state index in [9.17, 15) is 9.90 Å². The Hall–Kier alpha value is -3.86. The largest absolute Gasteiger partial charge is 0.479 e. The first kappa shape index (κ1) is 27.3. The molecule has 1 aliphatic rings. The van der Waals surface area contributed by atoms with Crippen LogP contribution in [0.15, 0.2) is 55.0 Å². The number of aryl methyl sites for hydroxylation is 1. The third-order valence-electron chi connectivity index (χ3n) is 6.97. The highest BCUT2D eigenvalue weighted by Crippen LogP contribution is 2.44. The molecule has 0 radical (unpaired) electrons. The van der Waals surface area contributed by atoms with Gasteiger partial charge in [-0.3, -0.25) is 0 Å². The molecule has 0 unspecified atom stereocenters. The molecule has 0 amide bonds. The zero-order valence-electron chi connectivity index (χ0n) is 23.1. The van der Waals surface area contributed by atoms with E-state index < -0.39 is 17.7 Å². The van der Waals surface area contributed by atoms with Crippen molar-refractivity contribution in [2.45, 2.75) is 52.5 Å². The van der Waals surface area contributed by atoms with Crippen molar-refractivity contribution >= 4 is 44.9 Å². The van der Waals surface area contributed by atoms with E-state index >= 15 is 0 Å². The molecule has 0 fully saturated rings. The molecule has 210 valence electrons. The van der Waals surface area contributed by atoms with E-state index in [0.717, 1.165) is 62.2 Å². The van der Waals surface area contributed by atoms with Crippen molar-refractivity contribution in [2.75, 3.05) is 11.4 Å². The minimum absolute atomic E-state index is 0.602. The van der Waals surface area contributed by atoms with Gasteiger partial charge in [-0.05, 0) is 69.2 Å². The van der Waals surface area contributed by atoms with Gasteiger partial charge in [-0.1, -0.05) is 23.7 Å². The normalized spacial score (nSPS) is 14.3. The Morgan fingerprint density at radius 3 is 2.63 bits per heavy atom. The number of hydrogen-bond acceptors (Lipinski definition) is 8. The first-order valence-electron chi connectivity index (χ1n) is 13.3. The van der Waals surface area contributed by atoms with Crippen LogP contribution < -0.4 is 4.90 Å². The number of rotatable bonds is 6. The number of ether oxygens (including phenoxy) is 1. The lowest BCUT2D eigenvalue weighted by molar-refractivity contribution is -0.160. The van der Waals surface area contributed by atoms with Crippen LogP contribution in [0.1, 0.15) is 43.8 Å².